The van der Waals surface area contributed by atoms with E-state index in [1.165, 1.54) is 6.07 Å². The molecular weight excluding hydrogens is 295 g/mol. The highest BCUT2D eigenvalue weighted by Gasteiger charge is 2.07. The molecule has 0 aliphatic carbocycles. The number of hydrogen-bond acceptors (Lipinski definition) is 3. The van der Waals surface area contributed by atoms with Crippen molar-refractivity contribution in [2.75, 3.05) is 28.2 Å². The van der Waals surface area contributed by atoms with Crippen molar-refractivity contribution >= 4 is 5.96 Å². The lowest BCUT2D eigenvalue weighted by atomic mass is 10.2. The summed E-state index contributed by atoms with van der Waals surface area (Å²) in [5, 5.41) is 0. The fourth-order valence-electron chi connectivity index (χ4n) is 2.09. The number of halogens is 1. The maximum absolute atomic E-state index is 13.6. The van der Waals surface area contributed by atoms with Crippen molar-refractivity contribution in [1.82, 2.24) is 14.8 Å². The third kappa shape index (κ3) is 4.67. The Kier molecular flexibility index (Phi) is 5.51. The minimum absolute atomic E-state index is 0.155. The molecule has 0 saturated heterocycles. The van der Waals surface area contributed by atoms with Gasteiger partial charge in [0.25, 0.3) is 0 Å². The topological polar surface area (TPSA) is 41.0 Å². The van der Waals surface area contributed by atoms with Gasteiger partial charge in [0, 0.05) is 40.5 Å². The van der Waals surface area contributed by atoms with E-state index in [4.69, 9.17) is 4.74 Å². The van der Waals surface area contributed by atoms with Gasteiger partial charge in [-0.05, 0) is 23.8 Å². The molecule has 0 bridgehead atoms. The molecule has 2 aromatic rings. The minimum Gasteiger partial charge on any atom is -0.436 e. The molecule has 0 N–H and O–H groups in total. The van der Waals surface area contributed by atoms with E-state index < -0.39 is 5.82 Å². The van der Waals surface area contributed by atoms with Crippen molar-refractivity contribution in [3.05, 3.63) is 54.0 Å². The number of para-hydroxylation sites is 1. The van der Waals surface area contributed by atoms with Gasteiger partial charge in [-0.15, -0.1) is 0 Å². The lowest BCUT2D eigenvalue weighted by Gasteiger charge is -2.22. The van der Waals surface area contributed by atoms with Crippen LogP contribution in [-0.2, 0) is 6.54 Å². The highest BCUT2D eigenvalue weighted by molar-refractivity contribution is 5.79. The van der Waals surface area contributed by atoms with Gasteiger partial charge in [0.2, 0.25) is 5.88 Å². The van der Waals surface area contributed by atoms with Crippen LogP contribution in [0.5, 0.6) is 11.6 Å². The first-order valence-corrected chi connectivity index (χ1v) is 7.24. The van der Waals surface area contributed by atoms with E-state index in [0.717, 1.165) is 11.5 Å². The molecule has 1 aromatic carbocycles. The second-order valence-corrected chi connectivity index (χ2v) is 5.44. The van der Waals surface area contributed by atoms with Gasteiger partial charge in [-0.2, -0.15) is 0 Å². The molecule has 5 nitrogen and oxygen atoms in total. The monoisotopic (exact) mass is 316 g/mol. The summed E-state index contributed by atoms with van der Waals surface area (Å²) in [6, 6.07) is 9.87. The molecule has 0 amide bonds. The van der Waals surface area contributed by atoms with E-state index in [1.54, 1.807) is 30.5 Å². The first-order chi connectivity index (χ1) is 11.0. The Bertz CT molecular complexity index is 676. The third-order valence-corrected chi connectivity index (χ3v) is 3.05. The number of aliphatic imine (C=N–C) groups is 1. The van der Waals surface area contributed by atoms with Crippen molar-refractivity contribution in [3.8, 4) is 11.6 Å². The number of hydrogen-bond donors (Lipinski definition) is 0. The molecule has 0 aliphatic rings. The Balaban J connectivity index is 2.14. The second-order valence-electron chi connectivity index (χ2n) is 5.44. The summed E-state index contributed by atoms with van der Waals surface area (Å²) < 4.78 is 19.1. The Labute approximate surface area is 136 Å². The van der Waals surface area contributed by atoms with Crippen molar-refractivity contribution in [2.24, 2.45) is 4.99 Å². The highest BCUT2D eigenvalue weighted by Crippen LogP contribution is 2.23. The molecule has 1 aromatic heterocycles. The van der Waals surface area contributed by atoms with Gasteiger partial charge in [0.15, 0.2) is 17.5 Å². The molecule has 122 valence electrons. The summed E-state index contributed by atoms with van der Waals surface area (Å²) in [7, 11) is 7.77. The van der Waals surface area contributed by atoms with Crippen LogP contribution in [0.2, 0.25) is 0 Å². The van der Waals surface area contributed by atoms with Gasteiger partial charge >= 0.3 is 0 Å². The van der Waals surface area contributed by atoms with Crippen LogP contribution < -0.4 is 4.74 Å². The molecule has 6 heteroatoms. The maximum atomic E-state index is 13.6. The smallest absolute Gasteiger partial charge is 0.219 e. The maximum Gasteiger partial charge on any atom is 0.219 e. The van der Waals surface area contributed by atoms with Gasteiger partial charge in [-0.25, -0.2) is 14.4 Å². The van der Waals surface area contributed by atoms with E-state index in [9.17, 15) is 4.39 Å². The number of nitrogens with zero attached hydrogens (tertiary/aromatic N) is 4. The molecule has 2 rings (SSSR count). The average molecular weight is 316 g/mol. The zero-order valence-electron chi connectivity index (χ0n) is 13.8. The van der Waals surface area contributed by atoms with Crippen LogP contribution >= 0.6 is 0 Å². The standard InChI is InChI=1S/C17H21FN4O/c1-21(2)17(22(3)4)20-12-13-9-10-19-16(11-13)23-15-8-6-5-7-14(15)18/h5-11H,12H2,1-4H3. The molecule has 0 unspecified atom stereocenters. The van der Waals surface area contributed by atoms with Crippen LogP contribution in [0.4, 0.5) is 4.39 Å². The number of benzene rings is 1. The molecule has 0 fully saturated rings. The van der Waals surface area contributed by atoms with Crippen LogP contribution in [0, 0.1) is 5.82 Å². The van der Waals surface area contributed by atoms with E-state index in [1.807, 2.05) is 44.1 Å². The van der Waals surface area contributed by atoms with Crippen molar-refractivity contribution in [1.29, 1.82) is 0 Å². The quantitative estimate of drug-likeness (QED) is 0.642. The third-order valence-electron chi connectivity index (χ3n) is 3.05. The Morgan fingerprint density at radius 2 is 1.83 bits per heavy atom. The van der Waals surface area contributed by atoms with Gasteiger partial charge in [-0.1, -0.05) is 12.1 Å². The van der Waals surface area contributed by atoms with Gasteiger partial charge in [0.1, 0.15) is 0 Å². The van der Waals surface area contributed by atoms with Gasteiger partial charge in [-0.3, -0.25) is 0 Å². The lowest BCUT2D eigenvalue weighted by Crippen LogP contribution is -2.35. The predicted molar refractivity (Wildman–Crippen MR) is 89.2 cm³/mol. The molecule has 0 aliphatic heterocycles. The van der Waals surface area contributed by atoms with Gasteiger partial charge < -0.3 is 14.5 Å². The minimum atomic E-state index is -0.416. The summed E-state index contributed by atoms with van der Waals surface area (Å²) in [6.07, 6.45) is 1.63. The first-order valence-electron chi connectivity index (χ1n) is 7.24. The number of rotatable bonds is 4. The summed E-state index contributed by atoms with van der Waals surface area (Å²) in [6.45, 7) is 0.488. The molecule has 0 radical (unpaired) electrons. The Morgan fingerprint density at radius 3 is 2.48 bits per heavy atom. The largest absolute Gasteiger partial charge is 0.436 e. The highest BCUT2D eigenvalue weighted by atomic mass is 19.1. The van der Waals surface area contributed by atoms with Crippen molar-refractivity contribution < 1.29 is 9.13 Å². The molecule has 0 saturated carbocycles. The number of guanidine groups is 1. The molecule has 1 heterocycles. The summed E-state index contributed by atoms with van der Waals surface area (Å²) >= 11 is 0. The molecular formula is C17H21FN4O. The van der Waals surface area contributed by atoms with E-state index in [2.05, 4.69) is 9.98 Å². The predicted octanol–water partition coefficient (Wildman–Crippen LogP) is 2.99. The Morgan fingerprint density at radius 1 is 1.13 bits per heavy atom. The van der Waals surface area contributed by atoms with Crippen LogP contribution in [0.25, 0.3) is 0 Å². The number of pyridine rings is 1. The Hall–Kier alpha value is -2.63. The van der Waals surface area contributed by atoms with Crippen molar-refractivity contribution in [3.63, 3.8) is 0 Å². The SMILES string of the molecule is CN(C)C(=NCc1ccnc(Oc2ccccc2F)c1)N(C)C. The fourth-order valence-corrected chi connectivity index (χ4v) is 2.09. The summed E-state index contributed by atoms with van der Waals surface area (Å²) in [5.74, 6) is 0.945. The average Bonchev–Trinajstić information content (AvgIpc) is 2.49. The second kappa shape index (κ2) is 7.58. The van der Waals surface area contributed by atoms with Crippen LogP contribution in [0.1, 0.15) is 5.56 Å². The lowest BCUT2D eigenvalue weighted by molar-refractivity contribution is 0.427. The van der Waals surface area contributed by atoms with Crippen molar-refractivity contribution in [2.45, 2.75) is 6.54 Å². The zero-order chi connectivity index (χ0) is 16.8. The van der Waals surface area contributed by atoms with Gasteiger partial charge in [0.05, 0.1) is 6.54 Å². The molecule has 0 atom stereocenters. The van der Waals surface area contributed by atoms with E-state index in [-0.39, 0.29) is 5.75 Å². The zero-order valence-corrected chi connectivity index (χ0v) is 13.8. The number of aromatic nitrogens is 1. The van der Waals surface area contributed by atoms with Crippen LogP contribution in [0.3, 0.4) is 0 Å². The fraction of sp³-hybridized carbons (Fsp3) is 0.294. The normalized spacial score (nSPS) is 10.1. The van der Waals surface area contributed by atoms with Crippen LogP contribution in [-0.4, -0.2) is 48.9 Å². The summed E-state index contributed by atoms with van der Waals surface area (Å²) in [5.41, 5.74) is 0.938. The first kappa shape index (κ1) is 16.7. The van der Waals surface area contributed by atoms with E-state index >= 15 is 0 Å². The summed E-state index contributed by atoms with van der Waals surface area (Å²) in [4.78, 5) is 12.6. The number of ether oxygens (including phenoxy) is 1. The van der Waals surface area contributed by atoms with Crippen LogP contribution in [0.15, 0.2) is 47.6 Å². The molecule has 0 spiro atoms. The van der Waals surface area contributed by atoms with E-state index in [0.29, 0.717) is 12.4 Å². The molecule has 23 heavy (non-hydrogen) atoms.